The first-order valence-corrected chi connectivity index (χ1v) is 5.92. The van der Waals surface area contributed by atoms with Gasteiger partial charge in [0.15, 0.2) is 0 Å². The summed E-state index contributed by atoms with van der Waals surface area (Å²) in [5, 5.41) is 0.947. The monoisotopic (exact) mass is 225 g/mol. The summed E-state index contributed by atoms with van der Waals surface area (Å²) in [5.74, 6) is 5.53. The van der Waals surface area contributed by atoms with E-state index in [-0.39, 0.29) is 5.78 Å². The molecular weight excluding hydrogens is 210 g/mol. The van der Waals surface area contributed by atoms with Gasteiger partial charge < -0.3 is 4.98 Å². The molecule has 0 spiro atoms. The van der Waals surface area contributed by atoms with E-state index in [0.29, 0.717) is 5.56 Å². The molecule has 86 valence electrons. The van der Waals surface area contributed by atoms with E-state index in [2.05, 4.69) is 23.7 Å². The second kappa shape index (κ2) is 5.36. The number of para-hydroxylation sites is 1. The van der Waals surface area contributed by atoms with Crippen LogP contribution < -0.4 is 0 Å². The molecular formula is C15H15NO. The van der Waals surface area contributed by atoms with Crippen LogP contribution in [0.1, 0.15) is 36.5 Å². The number of unbranched alkanes of at least 4 members (excludes halogenated alkanes) is 2. The molecule has 0 aliphatic carbocycles. The molecule has 0 amide bonds. The Morgan fingerprint density at radius 1 is 1.35 bits per heavy atom. The molecule has 2 aromatic rings. The molecule has 0 fully saturated rings. The largest absolute Gasteiger partial charge is 0.360 e. The van der Waals surface area contributed by atoms with Crippen molar-refractivity contribution < 1.29 is 4.79 Å². The maximum absolute atomic E-state index is 11.9. The van der Waals surface area contributed by atoms with Crippen molar-refractivity contribution in [3.8, 4) is 11.8 Å². The van der Waals surface area contributed by atoms with Crippen molar-refractivity contribution in [1.29, 1.82) is 0 Å². The normalized spacial score (nSPS) is 9.94. The van der Waals surface area contributed by atoms with E-state index >= 15 is 0 Å². The summed E-state index contributed by atoms with van der Waals surface area (Å²) in [7, 11) is 0. The fourth-order valence-corrected chi connectivity index (χ4v) is 1.73. The Morgan fingerprint density at radius 3 is 3.00 bits per heavy atom. The zero-order chi connectivity index (χ0) is 12.1. The number of rotatable bonds is 3. The minimum absolute atomic E-state index is 0.0986. The van der Waals surface area contributed by atoms with Gasteiger partial charge in [-0.1, -0.05) is 37.5 Å². The Balaban J connectivity index is 2.21. The van der Waals surface area contributed by atoms with Crippen LogP contribution in [0.2, 0.25) is 0 Å². The SMILES string of the molecule is CCCCC#CC(=O)c1c[nH]c2ccccc12. The first-order chi connectivity index (χ1) is 8.33. The highest BCUT2D eigenvalue weighted by molar-refractivity contribution is 6.16. The lowest BCUT2D eigenvalue weighted by atomic mass is 10.1. The topological polar surface area (TPSA) is 32.9 Å². The Morgan fingerprint density at radius 2 is 2.18 bits per heavy atom. The van der Waals surface area contributed by atoms with Crippen molar-refractivity contribution in [3.63, 3.8) is 0 Å². The van der Waals surface area contributed by atoms with Gasteiger partial charge in [-0.3, -0.25) is 4.79 Å². The van der Waals surface area contributed by atoms with Crippen molar-refractivity contribution in [2.24, 2.45) is 0 Å². The summed E-state index contributed by atoms with van der Waals surface area (Å²) < 4.78 is 0. The summed E-state index contributed by atoms with van der Waals surface area (Å²) >= 11 is 0. The van der Waals surface area contributed by atoms with Gasteiger partial charge in [0.05, 0.1) is 5.56 Å². The van der Waals surface area contributed by atoms with Gasteiger partial charge in [0, 0.05) is 23.5 Å². The Labute approximate surface area is 101 Å². The van der Waals surface area contributed by atoms with Crippen molar-refractivity contribution in [1.82, 2.24) is 4.98 Å². The highest BCUT2D eigenvalue weighted by Gasteiger charge is 2.08. The van der Waals surface area contributed by atoms with Crippen LogP contribution in [0.4, 0.5) is 0 Å². The maximum Gasteiger partial charge on any atom is 0.238 e. The molecule has 2 nitrogen and oxygen atoms in total. The van der Waals surface area contributed by atoms with E-state index in [9.17, 15) is 4.79 Å². The fraction of sp³-hybridized carbons (Fsp3) is 0.267. The Bertz CT molecular complexity index is 583. The van der Waals surface area contributed by atoms with Gasteiger partial charge >= 0.3 is 0 Å². The van der Waals surface area contributed by atoms with Crippen LogP contribution in [0.5, 0.6) is 0 Å². The number of H-pyrrole nitrogens is 1. The predicted octanol–water partition coefficient (Wildman–Crippen LogP) is 3.54. The summed E-state index contributed by atoms with van der Waals surface area (Å²) in [4.78, 5) is 15.0. The number of fused-ring (bicyclic) bond motifs is 1. The first kappa shape index (κ1) is 11.5. The van der Waals surface area contributed by atoms with Gasteiger partial charge in [-0.15, -0.1) is 0 Å². The molecule has 1 heterocycles. The summed E-state index contributed by atoms with van der Waals surface area (Å²) in [6, 6.07) is 7.76. The van der Waals surface area contributed by atoms with Gasteiger partial charge in [-0.05, 0) is 18.4 Å². The molecule has 0 radical (unpaired) electrons. The number of aromatic amines is 1. The Kier molecular flexibility index (Phi) is 3.62. The second-order valence-corrected chi connectivity index (χ2v) is 3.98. The molecule has 0 aliphatic rings. The zero-order valence-electron chi connectivity index (χ0n) is 9.92. The number of hydrogen-bond donors (Lipinski definition) is 1. The van der Waals surface area contributed by atoms with Gasteiger partial charge in [0.25, 0.3) is 0 Å². The molecule has 0 bridgehead atoms. The number of Topliss-reactive ketones (excluding diaryl/α,β-unsaturated/α-hetero) is 1. The highest BCUT2D eigenvalue weighted by Crippen LogP contribution is 2.17. The quantitative estimate of drug-likeness (QED) is 0.368. The van der Waals surface area contributed by atoms with Crippen molar-refractivity contribution >= 4 is 16.7 Å². The van der Waals surface area contributed by atoms with Gasteiger partial charge in [-0.25, -0.2) is 0 Å². The van der Waals surface area contributed by atoms with Crippen LogP contribution in [0.3, 0.4) is 0 Å². The molecule has 1 N–H and O–H groups in total. The third-order valence-electron chi connectivity index (χ3n) is 2.69. The maximum atomic E-state index is 11.9. The number of aromatic nitrogens is 1. The van der Waals surface area contributed by atoms with Crippen LogP contribution in [0, 0.1) is 11.8 Å². The van der Waals surface area contributed by atoms with E-state index in [0.717, 1.165) is 30.2 Å². The fourth-order valence-electron chi connectivity index (χ4n) is 1.73. The van der Waals surface area contributed by atoms with E-state index in [1.165, 1.54) is 0 Å². The van der Waals surface area contributed by atoms with Crippen LogP contribution in [-0.4, -0.2) is 10.8 Å². The lowest BCUT2D eigenvalue weighted by Gasteiger charge is -1.91. The molecule has 0 unspecified atom stereocenters. The van der Waals surface area contributed by atoms with E-state index in [1.807, 2.05) is 24.3 Å². The van der Waals surface area contributed by atoms with Crippen LogP contribution in [0.25, 0.3) is 10.9 Å². The molecule has 0 aliphatic heterocycles. The van der Waals surface area contributed by atoms with Crippen LogP contribution in [0.15, 0.2) is 30.5 Å². The molecule has 0 saturated heterocycles. The molecule has 0 saturated carbocycles. The number of benzene rings is 1. The van der Waals surface area contributed by atoms with Gasteiger partial charge in [-0.2, -0.15) is 0 Å². The van der Waals surface area contributed by atoms with E-state index in [4.69, 9.17) is 0 Å². The second-order valence-electron chi connectivity index (χ2n) is 3.98. The molecule has 1 aromatic carbocycles. The van der Waals surface area contributed by atoms with Crippen LogP contribution >= 0.6 is 0 Å². The van der Waals surface area contributed by atoms with Gasteiger partial charge in [0.1, 0.15) is 0 Å². The van der Waals surface area contributed by atoms with Gasteiger partial charge in [0.2, 0.25) is 5.78 Å². The summed E-state index contributed by atoms with van der Waals surface area (Å²) in [5.41, 5.74) is 1.65. The highest BCUT2D eigenvalue weighted by atomic mass is 16.1. The lowest BCUT2D eigenvalue weighted by Crippen LogP contribution is -1.92. The number of ketones is 1. The molecule has 17 heavy (non-hydrogen) atoms. The number of carbonyl (C=O) groups excluding carboxylic acids is 1. The number of hydrogen-bond acceptors (Lipinski definition) is 1. The minimum atomic E-state index is -0.0986. The van der Waals surface area contributed by atoms with E-state index in [1.54, 1.807) is 6.20 Å². The zero-order valence-corrected chi connectivity index (χ0v) is 9.92. The number of carbonyl (C=O) groups is 1. The molecule has 2 rings (SSSR count). The lowest BCUT2D eigenvalue weighted by molar-refractivity contribution is 0.105. The van der Waals surface area contributed by atoms with E-state index < -0.39 is 0 Å². The third kappa shape index (κ3) is 2.57. The van der Waals surface area contributed by atoms with Crippen LogP contribution in [-0.2, 0) is 0 Å². The molecule has 2 heteroatoms. The standard InChI is InChI=1S/C15H15NO/c1-2-3-4-5-10-15(17)13-11-16-14-9-7-6-8-12(13)14/h6-9,11,16H,2-4H2,1H3. The smallest absolute Gasteiger partial charge is 0.238 e. The summed E-state index contributed by atoms with van der Waals surface area (Å²) in [6.07, 6.45) is 4.69. The van der Waals surface area contributed by atoms with Crippen molar-refractivity contribution in [2.75, 3.05) is 0 Å². The third-order valence-corrected chi connectivity index (χ3v) is 2.69. The molecule has 1 aromatic heterocycles. The molecule has 0 atom stereocenters. The first-order valence-electron chi connectivity index (χ1n) is 5.92. The Hall–Kier alpha value is -2.01. The average Bonchev–Trinajstić information content (AvgIpc) is 2.78. The number of nitrogens with one attached hydrogen (secondary N) is 1. The van der Waals surface area contributed by atoms with Crippen molar-refractivity contribution in [3.05, 3.63) is 36.0 Å². The average molecular weight is 225 g/mol. The predicted molar refractivity (Wildman–Crippen MR) is 69.9 cm³/mol. The summed E-state index contributed by atoms with van der Waals surface area (Å²) in [6.45, 7) is 2.11. The van der Waals surface area contributed by atoms with Crippen molar-refractivity contribution in [2.45, 2.75) is 26.2 Å². The minimum Gasteiger partial charge on any atom is -0.360 e.